The number of nitrogens with zero attached hydrogens (tertiary/aromatic N) is 1. The maximum Gasteiger partial charge on any atom is 0.0426 e. The first-order valence-electron chi connectivity index (χ1n) is 6.10. The Morgan fingerprint density at radius 3 is 3.06 bits per heavy atom. The number of hydrogen-bond donors (Lipinski definition) is 1. The van der Waals surface area contributed by atoms with Crippen molar-refractivity contribution in [2.45, 2.75) is 18.9 Å². The summed E-state index contributed by atoms with van der Waals surface area (Å²) in [5, 5.41) is 4.24. The third kappa shape index (κ3) is 3.51. The minimum absolute atomic E-state index is 0.529. The second-order valence-electron chi connectivity index (χ2n) is 4.36. The molecule has 94 valence electrons. The van der Waals surface area contributed by atoms with Crippen LogP contribution in [0.15, 0.2) is 24.3 Å². The molecule has 0 radical (unpaired) electrons. The molecule has 1 aromatic carbocycles. The number of benzene rings is 1. The Labute approximate surface area is 113 Å². The molecular weight excluding hydrogens is 255 g/mol. The number of alkyl halides is 1. The molecule has 17 heavy (non-hydrogen) atoms. The fraction of sp³-hybridized carbons (Fsp3) is 0.538. The van der Waals surface area contributed by atoms with Gasteiger partial charge in [-0.1, -0.05) is 17.7 Å². The topological polar surface area (TPSA) is 15.3 Å². The molecule has 1 saturated heterocycles. The van der Waals surface area contributed by atoms with Gasteiger partial charge in [-0.2, -0.15) is 0 Å². The zero-order chi connectivity index (χ0) is 12.1. The quantitative estimate of drug-likeness (QED) is 0.848. The molecule has 0 aromatic heterocycles. The van der Waals surface area contributed by atoms with Gasteiger partial charge in [-0.15, -0.1) is 11.6 Å². The minimum atomic E-state index is 0.529. The molecule has 0 saturated carbocycles. The van der Waals surface area contributed by atoms with Crippen molar-refractivity contribution in [1.29, 1.82) is 0 Å². The fourth-order valence-corrected chi connectivity index (χ4v) is 2.67. The minimum Gasteiger partial charge on any atom is -0.366 e. The molecule has 1 heterocycles. The molecule has 0 amide bonds. The van der Waals surface area contributed by atoms with Crippen LogP contribution in [0.25, 0.3) is 0 Å². The summed E-state index contributed by atoms with van der Waals surface area (Å²) >= 11 is 11.8. The molecular formula is C13H18Cl2N2. The summed E-state index contributed by atoms with van der Waals surface area (Å²) < 4.78 is 0. The Morgan fingerprint density at radius 2 is 2.29 bits per heavy atom. The average Bonchev–Trinajstić information content (AvgIpc) is 2.37. The van der Waals surface area contributed by atoms with Gasteiger partial charge in [-0.05, 0) is 31.0 Å². The van der Waals surface area contributed by atoms with Crippen LogP contribution >= 0.6 is 23.2 Å². The van der Waals surface area contributed by atoms with E-state index in [1.807, 2.05) is 18.2 Å². The van der Waals surface area contributed by atoms with E-state index >= 15 is 0 Å². The second-order valence-corrected chi connectivity index (χ2v) is 5.18. The highest BCUT2D eigenvalue weighted by Gasteiger charge is 2.21. The zero-order valence-electron chi connectivity index (χ0n) is 9.83. The third-order valence-corrected chi connectivity index (χ3v) is 3.66. The van der Waals surface area contributed by atoms with E-state index in [0.717, 1.165) is 43.4 Å². The Balaban J connectivity index is 2.10. The lowest BCUT2D eigenvalue weighted by atomic mass is 10.1. The van der Waals surface area contributed by atoms with Gasteiger partial charge in [0, 0.05) is 42.3 Å². The smallest absolute Gasteiger partial charge is 0.0426 e. The van der Waals surface area contributed by atoms with Crippen molar-refractivity contribution in [3.05, 3.63) is 29.3 Å². The lowest BCUT2D eigenvalue weighted by Gasteiger charge is -2.38. The van der Waals surface area contributed by atoms with E-state index < -0.39 is 0 Å². The Morgan fingerprint density at radius 1 is 1.41 bits per heavy atom. The summed E-state index contributed by atoms with van der Waals surface area (Å²) in [6, 6.07) is 8.63. The van der Waals surface area contributed by atoms with Crippen LogP contribution in [0.5, 0.6) is 0 Å². The van der Waals surface area contributed by atoms with Gasteiger partial charge in [-0.25, -0.2) is 0 Å². The highest BCUT2D eigenvalue weighted by molar-refractivity contribution is 6.30. The van der Waals surface area contributed by atoms with Crippen LogP contribution in [-0.2, 0) is 0 Å². The van der Waals surface area contributed by atoms with Gasteiger partial charge >= 0.3 is 0 Å². The highest BCUT2D eigenvalue weighted by atomic mass is 35.5. The molecule has 1 N–H and O–H groups in total. The van der Waals surface area contributed by atoms with Crippen LogP contribution in [0.3, 0.4) is 0 Å². The lowest BCUT2D eigenvalue weighted by Crippen LogP contribution is -2.51. The van der Waals surface area contributed by atoms with Crippen LogP contribution in [-0.4, -0.2) is 31.6 Å². The van der Waals surface area contributed by atoms with Gasteiger partial charge in [0.2, 0.25) is 0 Å². The van der Waals surface area contributed by atoms with Gasteiger partial charge in [0.1, 0.15) is 0 Å². The van der Waals surface area contributed by atoms with E-state index in [9.17, 15) is 0 Å². The largest absolute Gasteiger partial charge is 0.366 e. The number of rotatable bonds is 4. The van der Waals surface area contributed by atoms with E-state index in [2.05, 4.69) is 16.3 Å². The molecule has 1 aliphatic rings. The van der Waals surface area contributed by atoms with Crippen molar-refractivity contribution in [3.63, 3.8) is 0 Å². The van der Waals surface area contributed by atoms with Crippen molar-refractivity contribution >= 4 is 28.9 Å². The summed E-state index contributed by atoms with van der Waals surface area (Å²) in [7, 11) is 0. The third-order valence-electron chi connectivity index (χ3n) is 3.16. The number of halogens is 2. The molecule has 0 aliphatic carbocycles. The second kappa shape index (κ2) is 6.48. The highest BCUT2D eigenvalue weighted by Crippen LogP contribution is 2.23. The predicted octanol–water partition coefficient (Wildman–Crippen LogP) is 3.14. The average molecular weight is 273 g/mol. The number of nitrogens with one attached hydrogen (secondary N) is 1. The van der Waals surface area contributed by atoms with Crippen molar-refractivity contribution in [2.24, 2.45) is 0 Å². The Bertz CT molecular complexity index is 357. The summed E-state index contributed by atoms with van der Waals surface area (Å²) in [6.07, 6.45) is 2.19. The first kappa shape index (κ1) is 13.0. The van der Waals surface area contributed by atoms with E-state index in [4.69, 9.17) is 23.2 Å². The lowest BCUT2D eigenvalue weighted by molar-refractivity contribution is 0.451. The molecule has 1 aromatic rings. The monoisotopic (exact) mass is 272 g/mol. The summed E-state index contributed by atoms with van der Waals surface area (Å²) in [4.78, 5) is 2.44. The van der Waals surface area contributed by atoms with Crippen molar-refractivity contribution in [1.82, 2.24) is 5.32 Å². The van der Waals surface area contributed by atoms with Crippen molar-refractivity contribution in [2.75, 3.05) is 30.4 Å². The van der Waals surface area contributed by atoms with Crippen molar-refractivity contribution in [3.8, 4) is 0 Å². The molecule has 1 fully saturated rings. The van der Waals surface area contributed by atoms with Crippen LogP contribution < -0.4 is 10.2 Å². The molecule has 1 aliphatic heterocycles. The fourth-order valence-electron chi connectivity index (χ4n) is 2.33. The summed E-state index contributed by atoms with van der Waals surface area (Å²) in [5.74, 6) is 0.736. The first-order chi connectivity index (χ1) is 8.31. The first-order valence-corrected chi connectivity index (χ1v) is 7.01. The van der Waals surface area contributed by atoms with Crippen LogP contribution in [0.2, 0.25) is 5.02 Å². The standard InChI is InChI=1S/C13H18Cl2N2/c14-6-2-5-13-10-16-7-8-17(13)12-4-1-3-11(15)9-12/h1,3-4,9,13,16H,2,5-8,10H2. The Kier molecular flexibility index (Phi) is 4.96. The number of anilines is 1. The summed E-state index contributed by atoms with van der Waals surface area (Å²) in [5.41, 5.74) is 1.22. The van der Waals surface area contributed by atoms with E-state index in [0.29, 0.717) is 6.04 Å². The number of piperazine rings is 1. The molecule has 1 unspecified atom stereocenters. The molecule has 0 spiro atoms. The van der Waals surface area contributed by atoms with Gasteiger partial charge in [-0.3, -0.25) is 0 Å². The zero-order valence-corrected chi connectivity index (χ0v) is 11.3. The van der Waals surface area contributed by atoms with Gasteiger partial charge in [0.25, 0.3) is 0 Å². The molecule has 0 bridgehead atoms. The molecule has 4 heteroatoms. The maximum absolute atomic E-state index is 6.05. The summed E-state index contributed by atoms with van der Waals surface area (Å²) in [6.45, 7) is 3.10. The van der Waals surface area contributed by atoms with Crippen LogP contribution in [0.1, 0.15) is 12.8 Å². The van der Waals surface area contributed by atoms with Gasteiger partial charge < -0.3 is 10.2 Å². The van der Waals surface area contributed by atoms with Crippen LogP contribution in [0.4, 0.5) is 5.69 Å². The maximum atomic E-state index is 6.05. The SMILES string of the molecule is ClCCCC1CNCCN1c1cccc(Cl)c1. The van der Waals surface area contributed by atoms with E-state index in [1.54, 1.807) is 0 Å². The van der Waals surface area contributed by atoms with Gasteiger partial charge in [0.05, 0.1) is 0 Å². The number of hydrogen-bond acceptors (Lipinski definition) is 2. The van der Waals surface area contributed by atoms with E-state index in [1.165, 1.54) is 5.69 Å². The normalized spacial score (nSPS) is 20.6. The molecule has 1 atom stereocenters. The van der Waals surface area contributed by atoms with Crippen LogP contribution in [0, 0.1) is 0 Å². The van der Waals surface area contributed by atoms with E-state index in [-0.39, 0.29) is 0 Å². The molecule has 2 rings (SSSR count). The Hall–Kier alpha value is -0.440. The molecule has 2 nitrogen and oxygen atoms in total. The van der Waals surface area contributed by atoms with Crippen molar-refractivity contribution < 1.29 is 0 Å². The van der Waals surface area contributed by atoms with Gasteiger partial charge in [0.15, 0.2) is 0 Å². The predicted molar refractivity (Wildman–Crippen MR) is 75.4 cm³/mol.